The average Bonchev–Trinajstić information content (AvgIpc) is 2.25. The topological polar surface area (TPSA) is 42.2 Å². The Balaban J connectivity index is 2.71. The van der Waals surface area contributed by atoms with E-state index in [0.717, 1.165) is 24.3 Å². The molecule has 4 heteroatoms. The molecule has 0 aliphatic rings. The van der Waals surface area contributed by atoms with E-state index in [9.17, 15) is 0 Å². The molecule has 2 N–H and O–H groups in total. The number of hydrogen-bond donors (Lipinski definition) is 1. The summed E-state index contributed by atoms with van der Waals surface area (Å²) < 4.78 is 0. The maximum absolute atomic E-state index is 6.16. The van der Waals surface area contributed by atoms with Crippen molar-refractivity contribution < 1.29 is 0 Å². The highest BCUT2D eigenvalue weighted by Gasteiger charge is 2.08. The Hall–Kier alpha value is -0.800. The lowest BCUT2D eigenvalue weighted by Crippen LogP contribution is -2.21. The van der Waals surface area contributed by atoms with Gasteiger partial charge in [0.05, 0.1) is 5.02 Å². The van der Waals surface area contributed by atoms with Crippen LogP contribution < -0.4 is 10.6 Å². The normalized spacial score (nSPS) is 10.9. The first-order valence-corrected chi connectivity index (χ1v) is 5.98. The second-order valence-electron chi connectivity index (χ2n) is 4.46. The Morgan fingerprint density at radius 1 is 1.50 bits per heavy atom. The fourth-order valence-corrected chi connectivity index (χ4v) is 1.75. The van der Waals surface area contributed by atoms with Crippen LogP contribution in [0.3, 0.4) is 0 Å². The molecule has 0 saturated carbocycles. The molecule has 3 nitrogen and oxygen atoms in total. The van der Waals surface area contributed by atoms with Crippen LogP contribution in [-0.2, 0) is 6.54 Å². The van der Waals surface area contributed by atoms with Gasteiger partial charge in [0, 0.05) is 26.3 Å². The molecule has 0 aromatic carbocycles. The van der Waals surface area contributed by atoms with E-state index >= 15 is 0 Å². The van der Waals surface area contributed by atoms with Crippen LogP contribution in [0.1, 0.15) is 25.8 Å². The summed E-state index contributed by atoms with van der Waals surface area (Å²) >= 11 is 6.16. The molecule has 0 atom stereocenters. The molecule has 0 unspecified atom stereocenters. The van der Waals surface area contributed by atoms with Crippen molar-refractivity contribution in [2.24, 2.45) is 11.7 Å². The summed E-state index contributed by atoms with van der Waals surface area (Å²) in [6.07, 6.45) is 2.92. The van der Waals surface area contributed by atoms with E-state index in [1.165, 1.54) is 0 Å². The molecular weight excluding hydrogens is 222 g/mol. The van der Waals surface area contributed by atoms with Gasteiger partial charge in [0.15, 0.2) is 0 Å². The fourth-order valence-electron chi connectivity index (χ4n) is 1.42. The second-order valence-corrected chi connectivity index (χ2v) is 4.86. The average molecular weight is 242 g/mol. The van der Waals surface area contributed by atoms with Gasteiger partial charge in [0.25, 0.3) is 0 Å². The van der Waals surface area contributed by atoms with Gasteiger partial charge in [-0.05, 0) is 24.0 Å². The van der Waals surface area contributed by atoms with E-state index in [4.69, 9.17) is 17.3 Å². The molecule has 0 fully saturated rings. The molecule has 0 amide bonds. The van der Waals surface area contributed by atoms with Crippen LogP contribution in [0.5, 0.6) is 0 Å². The van der Waals surface area contributed by atoms with Crippen LogP contribution in [0.4, 0.5) is 5.82 Å². The van der Waals surface area contributed by atoms with Crippen LogP contribution in [0.2, 0.25) is 5.02 Å². The lowest BCUT2D eigenvalue weighted by molar-refractivity contribution is 0.583. The van der Waals surface area contributed by atoms with E-state index in [1.54, 1.807) is 6.20 Å². The third-order valence-corrected chi connectivity index (χ3v) is 2.80. The molecule has 16 heavy (non-hydrogen) atoms. The van der Waals surface area contributed by atoms with Gasteiger partial charge in [0.2, 0.25) is 0 Å². The van der Waals surface area contributed by atoms with Crippen molar-refractivity contribution in [2.45, 2.75) is 26.8 Å². The second kappa shape index (κ2) is 6.06. The van der Waals surface area contributed by atoms with Crippen molar-refractivity contribution in [3.05, 3.63) is 22.8 Å². The summed E-state index contributed by atoms with van der Waals surface area (Å²) in [7, 11) is 2.01. The third kappa shape index (κ3) is 3.65. The predicted octanol–water partition coefficient (Wildman–Crippen LogP) is 2.68. The zero-order chi connectivity index (χ0) is 12.1. The standard InChI is InChI=1S/C12H20ClN3/c1-9(2)4-5-16(3)12-11(13)6-10(7-14)8-15-12/h6,8-9H,4-5,7,14H2,1-3H3. The molecule has 0 bridgehead atoms. The fraction of sp³-hybridized carbons (Fsp3) is 0.583. The van der Waals surface area contributed by atoms with Crippen molar-refractivity contribution in [2.75, 3.05) is 18.5 Å². The summed E-state index contributed by atoms with van der Waals surface area (Å²) in [5.41, 5.74) is 6.49. The Labute approximate surface area is 103 Å². The van der Waals surface area contributed by atoms with Crippen molar-refractivity contribution in [3.63, 3.8) is 0 Å². The molecule has 1 rings (SSSR count). The Bertz CT molecular complexity index is 339. The molecule has 0 radical (unpaired) electrons. The van der Waals surface area contributed by atoms with Gasteiger partial charge in [-0.2, -0.15) is 0 Å². The summed E-state index contributed by atoms with van der Waals surface area (Å²) in [5.74, 6) is 1.52. The van der Waals surface area contributed by atoms with Gasteiger partial charge in [-0.1, -0.05) is 25.4 Å². The SMILES string of the molecule is CC(C)CCN(C)c1ncc(CN)cc1Cl. The number of nitrogens with zero attached hydrogens (tertiary/aromatic N) is 2. The maximum atomic E-state index is 6.16. The zero-order valence-corrected chi connectivity index (χ0v) is 11.0. The Morgan fingerprint density at radius 2 is 2.19 bits per heavy atom. The van der Waals surface area contributed by atoms with Crippen LogP contribution >= 0.6 is 11.6 Å². The van der Waals surface area contributed by atoms with Gasteiger partial charge in [0.1, 0.15) is 5.82 Å². The van der Waals surface area contributed by atoms with Gasteiger partial charge in [-0.25, -0.2) is 4.98 Å². The number of halogens is 1. The maximum Gasteiger partial charge on any atom is 0.147 e. The van der Waals surface area contributed by atoms with E-state index in [2.05, 4.69) is 23.7 Å². The number of anilines is 1. The molecule has 0 saturated heterocycles. The highest BCUT2D eigenvalue weighted by atomic mass is 35.5. The Kier molecular flexibility index (Phi) is 5.03. The molecule has 0 aliphatic carbocycles. The minimum Gasteiger partial charge on any atom is -0.358 e. The first-order valence-electron chi connectivity index (χ1n) is 5.60. The molecule has 90 valence electrons. The van der Waals surface area contributed by atoms with E-state index in [-0.39, 0.29) is 0 Å². The first-order chi connectivity index (χ1) is 7.54. The van der Waals surface area contributed by atoms with Crippen LogP contribution in [0, 0.1) is 5.92 Å². The van der Waals surface area contributed by atoms with Crippen LogP contribution in [-0.4, -0.2) is 18.6 Å². The molecular formula is C12H20ClN3. The smallest absolute Gasteiger partial charge is 0.147 e. The van der Waals surface area contributed by atoms with Crippen molar-refractivity contribution in [1.29, 1.82) is 0 Å². The van der Waals surface area contributed by atoms with Crippen LogP contribution in [0.15, 0.2) is 12.3 Å². The third-order valence-electron chi connectivity index (χ3n) is 2.52. The van der Waals surface area contributed by atoms with E-state index < -0.39 is 0 Å². The zero-order valence-electron chi connectivity index (χ0n) is 10.2. The Morgan fingerprint density at radius 3 is 2.69 bits per heavy atom. The number of hydrogen-bond acceptors (Lipinski definition) is 3. The van der Waals surface area contributed by atoms with Gasteiger partial charge in [-0.15, -0.1) is 0 Å². The minimum atomic E-state index is 0.475. The number of aromatic nitrogens is 1. The molecule has 1 aromatic rings. The quantitative estimate of drug-likeness (QED) is 0.862. The van der Waals surface area contributed by atoms with Crippen molar-refractivity contribution in [1.82, 2.24) is 4.98 Å². The highest BCUT2D eigenvalue weighted by Crippen LogP contribution is 2.23. The summed E-state index contributed by atoms with van der Waals surface area (Å²) in [6.45, 7) is 5.86. The highest BCUT2D eigenvalue weighted by molar-refractivity contribution is 6.33. The first kappa shape index (κ1) is 13.3. The summed E-state index contributed by atoms with van der Waals surface area (Å²) in [5, 5.41) is 0.675. The monoisotopic (exact) mass is 241 g/mol. The molecule has 0 aliphatic heterocycles. The van der Waals surface area contributed by atoms with Crippen LogP contribution in [0.25, 0.3) is 0 Å². The largest absolute Gasteiger partial charge is 0.358 e. The van der Waals surface area contributed by atoms with Gasteiger partial charge >= 0.3 is 0 Å². The number of pyridine rings is 1. The predicted molar refractivity (Wildman–Crippen MR) is 69.9 cm³/mol. The number of rotatable bonds is 5. The van der Waals surface area contributed by atoms with Crippen molar-refractivity contribution in [3.8, 4) is 0 Å². The summed E-state index contributed by atoms with van der Waals surface area (Å²) in [6, 6.07) is 1.88. The lowest BCUT2D eigenvalue weighted by atomic mass is 10.1. The van der Waals surface area contributed by atoms with Gasteiger partial charge < -0.3 is 10.6 Å². The summed E-state index contributed by atoms with van der Waals surface area (Å²) in [4.78, 5) is 6.43. The van der Waals surface area contributed by atoms with Crippen molar-refractivity contribution >= 4 is 17.4 Å². The van der Waals surface area contributed by atoms with E-state index in [0.29, 0.717) is 17.5 Å². The lowest BCUT2D eigenvalue weighted by Gasteiger charge is -2.20. The molecule has 1 aromatic heterocycles. The van der Waals surface area contributed by atoms with Gasteiger partial charge in [-0.3, -0.25) is 0 Å². The molecule has 0 spiro atoms. The minimum absolute atomic E-state index is 0.475. The number of nitrogens with two attached hydrogens (primary N) is 1. The molecule has 1 heterocycles. The van der Waals surface area contributed by atoms with E-state index in [1.807, 2.05) is 13.1 Å².